The molecule has 132 valence electrons. The number of carbonyl (C=O) groups excluding carboxylic acids is 1. The largest absolute Gasteiger partial charge is 0.503 e. The molecule has 0 bridgehead atoms. The van der Waals surface area contributed by atoms with E-state index in [0.29, 0.717) is 23.5 Å². The van der Waals surface area contributed by atoms with Crippen LogP contribution in [0.15, 0.2) is 41.5 Å². The van der Waals surface area contributed by atoms with Crippen molar-refractivity contribution >= 4 is 23.7 Å². The molecule has 0 fully saturated rings. The fourth-order valence-electron chi connectivity index (χ4n) is 1.98. The van der Waals surface area contributed by atoms with Gasteiger partial charge < -0.3 is 14.6 Å². The number of hydrogen-bond acceptors (Lipinski definition) is 5. The Morgan fingerprint density at radius 2 is 2.04 bits per heavy atom. The number of aromatic hydroxyl groups is 1. The average molecular weight is 363 g/mol. The van der Waals surface area contributed by atoms with Crippen molar-refractivity contribution in [1.82, 2.24) is 5.43 Å². The lowest BCUT2D eigenvalue weighted by Gasteiger charge is -2.06. The number of halogens is 1. The minimum absolute atomic E-state index is 0.134. The Morgan fingerprint density at radius 3 is 2.68 bits per heavy atom. The van der Waals surface area contributed by atoms with Crippen molar-refractivity contribution in [2.45, 2.75) is 13.3 Å². The molecular formula is C18H19ClN2O4. The fourth-order valence-corrected chi connectivity index (χ4v) is 2.20. The monoisotopic (exact) mass is 362 g/mol. The summed E-state index contributed by atoms with van der Waals surface area (Å²) >= 11 is 5.90. The molecule has 25 heavy (non-hydrogen) atoms. The molecule has 2 aromatic rings. The molecular weight excluding hydrogens is 344 g/mol. The minimum atomic E-state index is -0.352. The van der Waals surface area contributed by atoms with E-state index in [4.69, 9.17) is 21.1 Å². The number of hydrogen-bond donors (Lipinski definition) is 2. The average Bonchev–Trinajstić information content (AvgIpc) is 2.63. The van der Waals surface area contributed by atoms with Crippen LogP contribution in [0.2, 0.25) is 5.02 Å². The van der Waals surface area contributed by atoms with E-state index < -0.39 is 0 Å². The van der Waals surface area contributed by atoms with E-state index in [1.165, 1.54) is 19.4 Å². The zero-order valence-corrected chi connectivity index (χ0v) is 14.7. The molecule has 2 N–H and O–H groups in total. The van der Waals surface area contributed by atoms with Gasteiger partial charge in [0.2, 0.25) is 0 Å². The molecule has 0 saturated carbocycles. The lowest BCUT2D eigenvalue weighted by molar-refractivity contribution is 0.0955. The molecule has 1 amide bonds. The number of phenolic OH excluding ortho intramolecular Hbond substituents is 1. The molecule has 0 saturated heterocycles. The predicted molar refractivity (Wildman–Crippen MR) is 97.0 cm³/mol. The summed E-state index contributed by atoms with van der Waals surface area (Å²) in [7, 11) is 1.42. The Balaban J connectivity index is 1.99. The van der Waals surface area contributed by atoms with Crippen LogP contribution in [-0.2, 0) is 0 Å². The van der Waals surface area contributed by atoms with Crippen LogP contribution in [0.1, 0.15) is 29.3 Å². The summed E-state index contributed by atoms with van der Waals surface area (Å²) in [6.07, 6.45) is 2.33. The van der Waals surface area contributed by atoms with Gasteiger partial charge in [-0.3, -0.25) is 4.79 Å². The highest BCUT2D eigenvalue weighted by Crippen LogP contribution is 2.34. The van der Waals surface area contributed by atoms with Crippen molar-refractivity contribution in [1.29, 1.82) is 0 Å². The van der Waals surface area contributed by atoms with E-state index in [1.807, 2.05) is 6.92 Å². The quantitative estimate of drug-likeness (QED) is 0.582. The summed E-state index contributed by atoms with van der Waals surface area (Å²) in [6.45, 7) is 2.66. The van der Waals surface area contributed by atoms with Gasteiger partial charge in [-0.25, -0.2) is 5.43 Å². The fraction of sp³-hybridized carbons (Fsp3) is 0.222. The van der Waals surface area contributed by atoms with Gasteiger partial charge in [-0.05, 0) is 48.4 Å². The zero-order valence-electron chi connectivity index (χ0n) is 14.0. The maximum Gasteiger partial charge on any atom is 0.271 e. The predicted octanol–water partition coefficient (Wildman–Crippen LogP) is 3.61. The number of phenols is 1. The van der Waals surface area contributed by atoms with Crippen molar-refractivity contribution in [3.05, 3.63) is 52.5 Å². The van der Waals surface area contributed by atoms with Gasteiger partial charge >= 0.3 is 0 Å². The first-order valence-electron chi connectivity index (χ1n) is 7.68. The maximum absolute atomic E-state index is 12.0. The van der Waals surface area contributed by atoms with E-state index in [2.05, 4.69) is 10.5 Å². The van der Waals surface area contributed by atoms with Gasteiger partial charge in [0.1, 0.15) is 5.75 Å². The van der Waals surface area contributed by atoms with Gasteiger partial charge in [0.25, 0.3) is 5.91 Å². The van der Waals surface area contributed by atoms with Gasteiger partial charge in [0.15, 0.2) is 11.5 Å². The molecule has 2 aromatic carbocycles. The summed E-state index contributed by atoms with van der Waals surface area (Å²) < 4.78 is 10.5. The molecule has 0 radical (unpaired) electrons. The van der Waals surface area contributed by atoms with Gasteiger partial charge in [-0.1, -0.05) is 18.5 Å². The Bertz CT molecular complexity index is 760. The van der Waals surface area contributed by atoms with Crippen LogP contribution in [0.3, 0.4) is 0 Å². The van der Waals surface area contributed by atoms with Gasteiger partial charge in [-0.2, -0.15) is 5.10 Å². The molecule has 0 aliphatic rings. The number of nitrogens with zero attached hydrogens (tertiary/aromatic N) is 1. The molecule has 0 heterocycles. The summed E-state index contributed by atoms with van der Waals surface area (Å²) in [5.41, 5.74) is 3.46. The van der Waals surface area contributed by atoms with Gasteiger partial charge in [0.05, 0.1) is 25.0 Å². The molecule has 0 atom stereocenters. The normalized spacial score (nSPS) is 10.7. The number of hydrazone groups is 1. The SMILES string of the molecule is CCCOc1ccc(C(=O)N/N=C/c2cc(Cl)c(O)c(OC)c2)cc1. The highest BCUT2D eigenvalue weighted by molar-refractivity contribution is 6.32. The molecule has 2 rings (SSSR count). The Labute approximate surface area is 151 Å². The van der Waals surface area contributed by atoms with Crippen LogP contribution >= 0.6 is 11.6 Å². The van der Waals surface area contributed by atoms with Gasteiger partial charge in [-0.15, -0.1) is 0 Å². The van der Waals surface area contributed by atoms with Crippen LogP contribution in [0, 0.1) is 0 Å². The summed E-state index contributed by atoms with van der Waals surface area (Å²) in [5, 5.41) is 13.7. The highest BCUT2D eigenvalue weighted by atomic mass is 35.5. The second kappa shape index (κ2) is 8.94. The lowest BCUT2D eigenvalue weighted by Crippen LogP contribution is -2.17. The van der Waals surface area contributed by atoms with Crippen molar-refractivity contribution in [2.75, 3.05) is 13.7 Å². The standard InChI is InChI=1S/C18H19ClN2O4/c1-3-8-25-14-6-4-13(5-7-14)18(23)21-20-11-12-9-15(19)17(22)16(10-12)24-2/h4-7,9-11,22H,3,8H2,1-2H3,(H,21,23)/b20-11+. The summed E-state index contributed by atoms with van der Waals surface area (Å²) in [4.78, 5) is 12.0. The second-order valence-corrected chi connectivity index (χ2v) is 5.53. The van der Waals surface area contributed by atoms with Crippen LogP contribution in [0.4, 0.5) is 0 Å². The van der Waals surface area contributed by atoms with Crippen LogP contribution in [0.25, 0.3) is 0 Å². The smallest absolute Gasteiger partial charge is 0.271 e. The van der Waals surface area contributed by atoms with E-state index in [-0.39, 0.29) is 22.4 Å². The van der Waals surface area contributed by atoms with Crippen molar-refractivity contribution in [3.8, 4) is 17.2 Å². The molecule has 0 unspecified atom stereocenters. The number of nitrogens with one attached hydrogen (secondary N) is 1. The molecule has 0 aliphatic heterocycles. The second-order valence-electron chi connectivity index (χ2n) is 5.13. The number of benzene rings is 2. The number of ether oxygens (including phenoxy) is 2. The first-order valence-corrected chi connectivity index (χ1v) is 8.05. The van der Waals surface area contributed by atoms with Crippen molar-refractivity contribution < 1.29 is 19.4 Å². The number of carbonyl (C=O) groups is 1. The third kappa shape index (κ3) is 5.12. The van der Waals surface area contributed by atoms with Crippen LogP contribution < -0.4 is 14.9 Å². The topological polar surface area (TPSA) is 80.2 Å². The number of rotatable bonds is 7. The number of amides is 1. The van der Waals surface area contributed by atoms with E-state index in [1.54, 1.807) is 30.3 Å². The Morgan fingerprint density at radius 1 is 1.32 bits per heavy atom. The lowest BCUT2D eigenvalue weighted by atomic mass is 10.2. The molecule has 0 aromatic heterocycles. The molecule has 0 aliphatic carbocycles. The summed E-state index contributed by atoms with van der Waals surface area (Å²) in [5.74, 6) is 0.446. The Hall–Kier alpha value is -2.73. The van der Waals surface area contributed by atoms with Crippen molar-refractivity contribution in [2.24, 2.45) is 5.10 Å². The summed E-state index contributed by atoms with van der Waals surface area (Å²) in [6, 6.07) is 9.86. The van der Waals surface area contributed by atoms with Crippen molar-refractivity contribution in [3.63, 3.8) is 0 Å². The zero-order chi connectivity index (χ0) is 18.2. The van der Waals surface area contributed by atoms with E-state index in [0.717, 1.165) is 6.42 Å². The first kappa shape index (κ1) is 18.6. The third-order valence-electron chi connectivity index (χ3n) is 3.24. The first-order chi connectivity index (χ1) is 12.0. The van der Waals surface area contributed by atoms with Crippen LogP contribution in [-0.4, -0.2) is 30.9 Å². The molecule has 7 heteroatoms. The number of methoxy groups -OCH3 is 1. The minimum Gasteiger partial charge on any atom is -0.503 e. The van der Waals surface area contributed by atoms with E-state index in [9.17, 15) is 9.90 Å². The Kier molecular flexibility index (Phi) is 6.65. The maximum atomic E-state index is 12.0. The third-order valence-corrected chi connectivity index (χ3v) is 3.53. The highest BCUT2D eigenvalue weighted by Gasteiger charge is 2.08. The van der Waals surface area contributed by atoms with Gasteiger partial charge in [0, 0.05) is 5.56 Å². The van der Waals surface area contributed by atoms with Crippen LogP contribution in [0.5, 0.6) is 17.2 Å². The molecule has 6 nitrogen and oxygen atoms in total. The molecule has 0 spiro atoms. The van der Waals surface area contributed by atoms with E-state index >= 15 is 0 Å².